The van der Waals surface area contributed by atoms with Crippen LogP contribution in [0.15, 0.2) is 28.7 Å². The van der Waals surface area contributed by atoms with E-state index < -0.39 is 11.5 Å². The Morgan fingerprint density at radius 2 is 2.29 bits per heavy atom. The summed E-state index contributed by atoms with van der Waals surface area (Å²) in [6.07, 6.45) is 0.647. The molecule has 1 saturated heterocycles. The molecule has 3 nitrogen and oxygen atoms in total. The van der Waals surface area contributed by atoms with Crippen molar-refractivity contribution in [3.05, 3.63) is 28.7 Å². The number of carboxylic acids is 1. The van der Waals surface area contributed by atoms with Crippen LogP contribution in [0, 0.1) is 0 Å². The van der Waals surface area contributed by atoms with Gasteiger partial charge in [-0.05, 0) is 34.5 Å². The Balaban J connectivity index is 2.26. The first-order valence-electron chi connectivity index (χ1n) is 5.41. The third-order valence-electron chi connectivity index (χ3n) is 2.91. The predicted octanol–water partition coefficient (Wildman–Crippen LogP) is 3.21. The number of aliphatic carboxylic acids is 1. The summed E-state index contributed by atoms with van der Waals surface area (Å²) >= 11 is 5.13. The molecule has 1 aromatic rings. The third kappa shape index (κ3) is 2.60. The maximum atomic E-state index is 11.5. The molecule has 2 atom stereocenters. The van der Waals surface area contributed by atoms with Crippen molar-refractivity contribution in [2.24, 2.45) is 0 Å². The molecular formula is C12H14BrNO2S. The molecule has 1 heterocycles. The zero-order chi connectivity index (χ0) is 12.5. The van der Waals surface area contributed by atoms with E-state index in [0.717, 1.165) is 10.2 Å². The summed E-state index contributed by atoms with van der Waals surface area (Å²) in [4.78, 5) is 11.5. The van der Waals surface area contributed by atoms with E-state index in [1.54, 1.807) is 11.8 Å². The standard InChI is InChI=1S/C12H14BrNO2S/c1-8-6-12(7-17-8,11(15)16)14-10-5-3-2-4-9(10)13/h2-5,8,14H,6-7H2,1H3,(H,15,16). The van der Waals surface area contributed by atoms with Gasteiger partial charge in [0.15, 0.2) is 0 Å². The van der Waals surface area contributed by atoms with Gasteiger partial charge in [-0.2, -0.15) is 11.8 Å². The molecule has 92 valence electrons. The number of nitrogens with one attached hydrogen (secondary N) is 1. The molecule has 0 bridgehead atoms. The molecule has 1 aliphatic heterocycles. The predicted molar refractivity (Wildman–Crippen MR) is 74.7 cm³/mol. The lowest BCUT2D eigenvalue weighted by atomic mass is 9.96. The number of benzene rings is 1. The third-order valence-corrected chi connectivity index (χ3v) is 4.99. The lowest BCUT2D eigenvalue weighted by molar-refractivity contribution is -0.141. The smallest absolute Gasteiger partial charge is 0.330 e. The number of hydrogen-bond donors (Lipinski definition) is 2. The zero-order valence-electron chi connectivity index (χ0n) is 9.44. The van der Waals surface area contributed by atoms with Crippen LogP contribution in [-0.2, 0) is 4.79 Å². The van der Waals surface area contributed by atoms with Crippen LogP contribution in [0.5, 0.6) is 0 Å². The van der Waals surface area contributed by atoms with Crippen LogP contribution >= 0.6 is 27.7 Å². The van der Waals surface area contributed by atoms with Crippen LogP contribution in [0.4, 0.5) is 5.69 Å². The number of halogens is 1. The van der Waals surface area contributed by atoms with Gasteiger partial charge in [-0.15, -0.1) is 0 Å². The number of rotatable bonds is 3. The Hall–Kier alpha value is -0.680. The van der Waals surface area contributed by atoms with Crippen molar-refractivity contribution in [2.45, 2.75) is 24.1 Å². The van der Waals surface area contributed by atoms with Crippen LogP contribution in [0.3, 0.4) is 0 Å². The molecule has 0 saturated carbocycles. The molecule has 2 rings (SSSR count). The Kier molecular flexibility index (Phi) is 3.68. The van der Waals surface area contributed by atoms with E-state index in [-0.39, 0.29) is 0 Å². The first-order chi connectivity index (χ1) is 8.03. The molecule has 0 amide bonds. The molecule has 1 aromatic carbocycles. The van der Waals surface area contributed by atoms with Crippen molar-refractivity contribution in [1.29, 1.82) is 0 Å². The lowest BCUT2D eigenvalue weighted by Gasteiger charge is -2.26. The van der Waals surface area contributed by atoms with E-state index in [0.29, 0.717) is 17.4 Å². The second-order valence-corrected chi connectivity index (χ2v) is 6.60. The molecule has 2 N–H and O–H groups in total. The molecule has 1 aliphatic rings. The van der Waals surface area contributed by atoms with Gasteiger partial charge in [0.25, 0.3) is 0 Å². The molecule has 5 heteroatoms. The van der Waals surface area contributed by atoms with E-state index in [2.05, 4.69) is 28.2 Å². The van der Waals surface area contributed by atoms with Gasteiger partial charge in [-0.1, -0.05) is 19.1 Å². The highest BCUT2D eigenvalue weighted by Crippen LogP contribution is 2.38. The van der Waals surface area contributed by atoms with Gasteiger partial charge in [0.1, 0.15) is 5.54 Å². The average molecular weight is 316 g/mol. The highest BCUT2D eigenvalue weighted by atomic mass is 79.9. The second kappa shape index (κ2) is 4.90. The monoisotopic (exact) mass is 315 g/mol. The number of para-hydroxylation sites is 1. The Morgan fingerprint density at radius 3 is 2.82 bits per heavy atom. The fraction of sp³-hybridized carbons (Fsp3) is 0.417. The summed E-state index contributed by atoms with van der Waals surface area (Å²) in [6, 6.07) is 7.61. The number of carbonyl (C=O) groups is 1. The van der Waals surface area contributed by atoms with Gasteiger partial charge >= 0.3 is 5.97 Å². The van der Waals surface area contributed by atoms with Gasteiger partial charge in [0, 0.05) is 21.2 Å². The van der Waals surface area contributed by atoms with E-state index in [1.807, 2.05) is 24.3 Å². The highest BCUT2D eigenvalue weighted by molar-refractivity contribution is 9.10. The first kappa shape index (κ1) is 12.8. The minimum atomic E-state index is -0.839. The number of thioether (sulfide) groups is 1. The molecule has 0 aliphatic carbocycles. The van der Waals surface area contributed by atoms with E-state index in [4.69, 9.17) is 0 Å². The van der Waals surface area contributed by atoms with Crippen LogP contribution in [0.1, 0.15) is 13.3 Å². The zero-order valence-corrected chi connectivity index (χ0v) is 11.8. The van der Waals surface area contributed by atoms with Gasteiger partial charge in [-0.25, -0.2) is 4.79 Å². The summed E-state index contributed by atoms with van der Waals surface area (Å²) in [5.74, 6) is -0.171. The topological polar surface area (TPSA) is 49.3 Å². The average Bonchev–Trinajstić information content (AvgIpc) is 2.65. The summed E-state index contributed by atoms with van der Waals surface area (Å²) in [5.41, 5.74) is -0.00174. The van der Waals surface area contributed by atoms with Crippen molar-refractivity contribution in [1.82, 2.24) is 0 Å². The lowest BCUT2D eigenvalue weighted by Crippen LogP contribution is -2.47. The molecule has 2 unspecified atom stereocenters. The highest BCUT2D eigenvalue weighted by Gasteiger charge is 2.45. The molecule has 0 radical (unpaired) electrons. The molecule has 1 fully saturated rings. The normalized spacial score (nSPS) is 28.0. The number of carboxylic acid groups (broad SMARTS) is 1. The maximum absolute atomic E-state index is 11.5. The molecule has 0 spiro atoms. The molecule has 0 aromatic heterocycles. The molecular weight excluding hydrogens is 302 g/mol. The van der Waals surface area contributed by atoms with Crippen molar-refractivity contribution in [2.75, 3.05) is 11.1 Å². The summed E-state index contributed by atoms with van der Waals surface area (Å²) in [6.45, 7) is 2.07. The Morgan fingerprint density at radius 1 is 1.59 bits per heavy atom. The second-order valence-electron chi connectivity index (χ2n) is 4.32. The molecule has 17 heavy (non-hydrogen) atoms. The fourth-order valence-corrected chi connectivity index (χ4v) is 3.67. The van der Waals surface area contributed by atoms with Crippen LogP contribution in [0.2, 0.25) is 0 Å². The summed E-state index contributed by atoms with van der Waals surface area (Å²) in [7, 11) is 0. The summed E-state index contributed by atoms with van der Waals surface area (Å²) in [5, 5.41) is 13.0. The minimum absolute atomic E-state index is 0.376. The number of anilines is 1. The first-order valence-corrected chi connectivity index (χ1v) is 7.25. The van der Waals surface area contributed by atoms with Gasteiger partial charge in [0.2, 0.25) is 0 Å². The quantitative estimate of drug-likeness (QED) is 0.899. The van der Waals surface area contributed by atoms with Gasteiger partial charge < -0.3 is 10.4 Å². The minimum Gasteiger partial charge on any atom is -0.479 e. The summed E-state index contributed by atoms with van der Waals surface area (Å²) < 4.78 is 0.894. The fourth-order valence-electron chi connectivity index (χ4n) is 2.00. The van der Waals surface area contributed by atoms with Crippen molar-refractivity contribution < 1.29 is 9.90 Å². The van der Waals surface area contributed by atoms with E-state index in [1.165, 1.54) is 0 Å². The van der Waals surface area contributed by atoms with E-state index in [9.17, 15) is 9.90 Å². The maximum Gasteiger partial charge on any atom is 0.330 e. The van der Waals surface area contributed by atoms with Crippen molar-refractivity contribution >= 4 is 39.3 Å². The van der Waals surface area contributed by atoms with Crippen LogP contribution in [-0.4, -0.2) is 27.6 Å². The van der Waals surface area contributed by atoms with Gasteiger partial charge in [0.05, 0.1) is 0 Å². The number of hydrogen-bond acceptors (Lipinski definition) is 3. The Bertz CT molecular complexity index is 440. The SMILES string of the molecule is CC1CC(Nc2ccccc2Br)(C(=O)O)CS1. The van der Waals surface area contributed by atoms with Crippen molar-refractivity contribution in [3.63, 3.8) is 0 Å². The Labute approximate surface area is 113 Å². The van der Waals surface area contributed by atoms with Crippen LogP contribution in [0.25, 0.3) is 0 Å². The van der Waals surface area contributed by atoms with Crippen molar-refractivity contribution in [3.8, 4) is 0 Å². The largest absolute Gasteiger partial charge is 0.479 e. The van der Waals surface area contributed by atoms with Crippen LogP contribution < -0.4 is 5.32 Å². The van der Waals surface area contributed by atoms with Gasteiger partial charge in [-0.3, -0.25) is 0 Å². The van der Waals surface area contributed by atoms with E-state index >= 15 is 0 Å².